The van der Waals surface area contributed by atoms with Gasteiger partial charge in [-0.15, -0.1) is 0 Å². The highest BCUT2D eigenvalue weighted by atomic mass is 19.4. The third-order valence-corrected chi connectivity index (χ3v) is 3.04. The molecule has 108 valence electrons. The van der Waals surface area contributed by atoms with Crippen LogP contribution in [0.3, 0.4) is 0 Å². The molecule has 0 fully saturated rings. The predicted molar refractivity (Wildman–Crippen MR) is 57.8 cm³/mol. The summed E-state index contributed by atoms with van der Waals surface area (Å²) in [6.45, 7) is 0.313. The Morgan fingerprint density at radius 3 is 2.75 bits per heavy atom. The Kier molecular flexibility index (Phi) is 2.87. The molecule has 0 radical (unpaired) electrons. The van der Waals surface area contributed by atoms with Crippen LogP contribution in [0.5, 0.6) is 0 Å². The van der Waals surface area contributed by atoms with Gasteiger partial charge in [0.25, 0.3) is 5.82 Å². The van der Waals surface area contributed by atoms with Crippen molar-refractivity contribution < 1.29 is 17.7 Å². The van der Waals surface area contributed by atoms with Crippen molar-refractivity contribution in [3.63, 3.8) is 0 Å². The zero-order valence-corrected chi connectivity index (χ0v) is 10.2. The van der Waals surface area contributed by atoms with Crippen molar-refractivity contribution in [1.29, 1.82) is 0 Å². The van der Waals surface area contributed by atoms with E-state index in [1.807, 2.05) is 0 Å². The van der Waals surface area contributed by atoms with E-state index in [0.717, 1.165) is 17.5 Å². The van der Waals surface area contributed by atoms with Crippen LogP contribution in [-0.4, -0.2) is 24.5 Å². The summed E-state index contributed by atoms with van der Waals surface area (Å²) in [5, 5.41) is 6.91. The molecule has 10 heteroatoms. The summed E-state index contributed by atoms with van der Waals surface area (Å²) in [6, 6.07) is 0. The highest BCUT2D eigenvalue weighted by molar-refractivity contribution is 4.95. The van der Waals surface area contributed by atoms with E-state index in [2.05, 4.69) is 19.8 Å². The minimum atomic E-state index is -4.67. The maximum atomic E-state index is 12.3. The summed E-state index contributed by atoms with van der Waals surface area (Å²) in [5.74, 6) is -1.02. The molecule has 3 rings (SSSR count). The second-order valence-corrected chi connectivity index (χ2v) is 4.47. The Labute approximate surface area is 110 Å². The number of hydrogen-bond acceptors (Lipinski definition) is 5. The molecule has 0 N–H and O–H groups in total. The number of hydrogen-bond donors (Lipinski definition) is 0. The van der Waals surface area contributed by atoms with Crippen molar-refractivity contribution in [3.8, 4) is 0 Å². The molecule has 0 unspecified atom stereocenters. The van der Waals surface area contributed by atoms with Crippen LogP contribution in [0, 0.1) is 0 Å². The van der Waals surface area contributed by atoms with Gasteiger partial charge in [-0.3, -0.25) is 4.57 Å². The molecule has 1 aliphatic heterocycles. The standard InChI is InChI=1S/C10H10F3N5O2/c11-10(12,13)8-14-7(20-16-8)5-18-9(19)17-4-2-1-3-6(17)15-18/h1-5H2. The van der Waals surface area contributed by atoms with Crippen molar-refractivity contribution in [2.45, 2.75) is 38.5 Å². The summed E-state index contributed by atoms with van der Waals surface area (Å²) in [4.78, 5) is 15.2. The zero-order chi connectivity index (χ0) is 14.3. The van der Waals surface area contributed by atoms with Crippen LogP contribution in [-0.2, 0) is 25.7 Å². The topological polar surface area (TPSA) is 78.7 Å². The largest absolute Gasteiger partial charge is 0.455 e. The van der Waals surface area contributed by atoms with Gasteiger partial charge >= 0.3 is 11.9 Å². The highest BCUT2D eigenvalue weighted by Gasteiger charge is 2.37. The fraction of sp³-hybridized carbons (Fsp3) is 0.600. The average Bonchev–Trinajstić information content (AvgIpc) is 2.97. The molecule has 0 saturated carbocycles. The smallest absolute Gasteiger partial charge is 0.337 e. The maximum Gasteiger partial charge on any atom is 0.455 e. The van der Waals surface area contributed by atoms with E-state index in [4.69, 9.17) is 0 Å². The molecule has 2 aromatic rings. The predicted octanol–water partition coefficient (Wildman–Crippen LogP) is 0.831. The molecule has 0 bridgehead atoms. The van der Waals surface area contributed by atoms with Crippen LogP contribution in [0.25, 0.3) is 0 Å². The summed E-state index contributed by atoms with van der Waals surface area (Å²) in [7, 11) is 0. The van der Waals surface area contributed by atoms with Crippen molar-refractivity contribution >= 4 is 0 Å². The van der Waals surface area contributed by atoms with Gasteiger partial charge in [0.1, 0.15) is 12.4 Å². The van der Waals surface area contributed by atoms with Gasteiger partial charge in [-0.2, -0.15) is 23.3 Å². The van der Waals surface area contributed by atoms with E-state index in [9.17, 15) is 18.0 Å². The van der Waals surface area contributed by atoms with Gasteiger partial charge in [-0.1, -0.05) is 5.16 Å². The third kappa shape index (κ3) is 2.21. The molecule has 0 aromatic carbocycles. The van der Waals surface area contributed by atoms with Crippen molar-refractivity contribution in [2.24, 2.45) is 0 Å². The summed E-state index contributed by atoms with van der Waals surface area (Å²) >= 11 is 0. The molecular formula is C10H10F3N5O2. The molecule has 0 atom stereocenters. The second-order valence-electron chi connectivity index (χ2n) is 4.47. The van der Waals surface area contributed by atoms with E-state index in [0.29, 0.717) is 18.8 Å². The van der Waals surface area contributed by atoms with Gasteiger partial charge in [0.2, 0.25) is 5.89 Å². The molecule has 1 aliphatic rings. The van der Waals surface area contributed by atoms with Crippen molar-refractivity contribution in [1.82, 2.24) is 24.5 Å². The SMILES string of the molecule is O=c1n(Cc2nc(C(F)(F)F)no2)nc2n1CCCC2. The summed E-state index contributed by atoms with van der Waals surface area (Å²) < 4.78 is 44.1. The quantitative estimate of drug-likeness (QED) is 0.818. The van der Waals surface area contributed by atoms with Crippen molar-refractivity contribution in [3.05, 3.63) is 28.0 Å². The first kappa shape index (κ1) is 12.9. The fourth-order valence-electron chi connectivity index (χ4n) is 2.11. The molecule has 0 aliphatic carbocycles. The Morgan fingerprint density at radius 1 is 1.30 bits per heavy atom. The summed E-state index contributed by atoms with van der Waals surface area (Å²) in [6.07, 6.45) is -2.16. The molecular weight excluding hydrogens is 279 g/mol. The van der Waals surface area contributed by atoms with E-state index in [1.165, 1.54) is 4.57 Å². The first-order chi connectivity index (χ1) is 9.45. The number of fused-ring (bicyclic) bond motifs is 1. The normalized spacial score (nSPS) is 15.3. The molecule has 20 heavy (non-hydrogen) atoms. The van der Waals surface area contributed by atoms with Crippen LogP contribution >= 0.6 is 0 Å². The first-order valence-electron chi connectivity index (χ1n) is 6.01. The third-order valence-electron chi connectivity index (χ3n) is 3.04. The Hall–Kier alpha value is -2.13. The number of aryl methyl sites for hydroxylation is 1. The number of nitrogens with zero attached hydrogens (tertiary/aromatic N) is 5. The van der Waals surface area contributed by atoms with Gasteiger partial charge in [0.05, 0.1) is 0 Å². The van der Waals surface area contributed by atoms with Crippen LogP contribution in [0.1, 0.15) is 30.4 Å². The first-order valence-corrected chi connectivity index (χ1v) is 6.01. The second kappa shape index (κ2) is 4.46. The molecule has 7 nitrogen and oxygen atoms in total. The van der Waals surface area contributed by atoms with Crippen molar-refractivity contribution in [2.75, 3.05) is 0 Å². The number of aromatic nitrogens is 5. The Balaban J connectivity index is 1.87. The molecule has 0 saturated heterocycles. The van der Waals surface area contributed by atoms with Crippen LogP contribution in [0.15, 0.2) is 9.32 Å². The van der Waals surface area contributed by atoms with Crippen LogP contribution < -0.4 is 5.69 Å². The van der Waals surface area contributed by atoms with Gasteiger partial charge in [0.15, 0.2) is 0 Å². The maximum absolute atomic E-state index is 12.3. The molecule has 0 amide bonds. The lowest BCUT2D eigenvalue weighted by molar-refractivity contribution is -0.146. The number of rotatable bonds is 2. The molecule has 3 heterocycles. The summed E-state index contributed by atoms with van der Waals surface area (Å²) in [5.41, 5.74) is -0.369. The fourth-order valence-corrected chi connectivity index (χ4v) is 2.11. The zero-order valence-electron chi connectivity index (χ0n) is 10.2. The number of alkyl halides is 3. The highest BCUT2D eigenvalue weighted by Crippen LogP contribution is 2.26. The van der Waals surface area contributed by atoms with Crippen LogP contribution in [0.4, 0.5) is 13.2 Å². The average molecular weight is 289 g/mol. The lowest BCUT2D eigenvalue weighted by atomic mass is 10.2. The van der Waals surface area contributed by atoms with Crippen LogP contribution in [0.2, 0.25) is 0 Å². The monoisotopic (exact) mass is 289 g/mol. The van der Waals surface area contributed by atoms with E-state index >= 15 is 0 Å². The van der Waals surface area contributed by atoms with Gasteiger partial charge < -0.3 is 4.52 Å². The Morgan fingerprint density at radius 2 is 2.10 bits per heavy atom. The van der Waals surface area contributed by atoms with Gasteiger partial charge in [-0.25, -0.2) is 9.48 Å². The van der Waals surface area contributed by atoms with E-state index in [1.54, 1.807) is 0 Å². The lowest BCUT2D eigenvalue weighted by Gasteiger charge is -2.09. The minimum Gasteiger partial charge on any atom is -0.337 e. The Bertz CT molecular complexity index is 684. The van der Waals surface area contributed by atoms with Gasteiger partial charge in [-0.05, 0) is 12.8 Å². The lowest BCUT2D eigenvalue weighted by Crippen LogP contribution is -2.27. The minimum absolute atomic E-state index is 0.262. The number of halogens is 3. The van der Waals surface area contributed by atoms with E-state index < -0.39 is 12.0 Å². The molecule has 2 aromatic heterocycles. The van der Waals surface area contributed by atoms with E-state index in [-0.39, 0.29) is 18.1 Å². The molecule has 0 spiro atoms. The van der Waals surface area contributed by atoms with Gasteiger partial charge in [0, 0.05) is 13.0 Å².